The molecule has 7 nitrogen and oxygen atoms in total. The first-order chi connectivity index (χ1) is 12.8. The zero-order chi connectivity index (χ0) is 20.7. The van der Waals surface area contributed by atoms with Gasteiger partial charge in [0.15, 0.2) is 0 Å². The molecule has 0 spiro atoms. The molecule has 0 N–H and O–H groups in total. The van der Waals surface area contributed by atoms with Gasteiger partial charge in [0.25, 0.3) is 0 Å². The van der Waals surface area contributed by atoms with Gasteiger partial charge in [0, 0.05) is 11.1 Å². The standard InChI is InChI=1S/C20H34O7/c1-7-20(8-2,27-14-13-26-19(22)17(5)6)15-24-10-9-23-11-12-25-18(21)16(3)4/h3,5,7-15H2,1-2,4,6H3. The second-order valence-electron chi connectivity index (χ2n) is 6.24. The fourth-order valence-corrected chi connectivity index (χ4v) is 2.01. The van der Waals surface area contributed by atoms with Gasteiger partial charge in [-0.3, -0.25) is 0 Å². The van der Waals surface area contributed by atoms with E-state index in [2.05, 4.69) is 13.2 Å². The Morgan fingerprint density at radius 2 is 1.19 bits per heavy atom. The Kier molecular flexibility index (Phi) is 13.5. The highest BCUT2D eigenvalue weighted by molar-refractivity contribution is 5.87. The van der Waals surface area contributed by atoms with Crippen LogP contribution in [0.2, 0.25) is 0 Å². The minimum absolute atomic E-state index is 0.180. The Hall–Kier alpha value is -1.70. The molecule has 0 aromatic rings. The molecule has 0 aromatic heterocycles. The van der Waals surface area contributed by atoms with Crippen LogP contribution in [0.25, 0.3) is 0 Å². The van der Waals surface area contributed by atoms with Crippen LogP contribution >= 0.6 is 0 Å². The molecule has 0 aliphatic carbocycles. The van der Waals surface area contributed by atoms with Gasteiger partial charge in [-0.1, -0.05) is 27.0 Å². The summed E-state index contributed by atoms with van der Waals surface area (Å²) in [5, 5.41) is 0. The Morgan fingerprint density at radius 3 is 1.67 bits per heavy atom. The summed E-state index contributed by atoms with van der Waals surface area (Å²) in [7, 11) is 0. The van der Waals surface area contributed by atoms with Crippen molar-refractivity contribution in [1.82, 2.24) is 0 Å². The van der Waals surface area contributed by atoms with Gasteiger partial charge >= 0.3 is 11.9 Å². The molecule has 0 aliphatic heterocycles. The van der Waals surface area contributed by atoms with Crippen molar-refractivity contribution in [2.45, 2.75) is 46.1 Å². The van der Waals surface area contributed by atoms with Gasteiger partial charge in [-0.2, -0.15) is 0 Å². The van der Waals surface area contributed by atoms with E-state index in [1.165, 1.54) is 0 Å². The average Bonchev–Trinajstić information content (AvgIpc) is 2.65. The molecule has 0 saturated carbocycles. The highest BCUT2D eigenvalue weighted by atomic mass is 16.6. The van der Waals surface area contributed by atoms with Gasteiger partial charge in [0.2, 0.25) is 0 Å². The van der Waals surface area contributed by atoms with Crippen LogP contribution in [0.3, 0.4) is 0 Å². The van der Waals surface area contributed by atoms with Gasteiger partial charge in [0.05, 0.1) is 38.6 Å². The van der Waals surface area contributed by atoms with Crippen molar-refractivity contribution < 1.29 is 33.3 Å². The molecule has 0 bridgehead atoms. The maximum Gasteiger partial charge on any atom is 0.333 e. The molecule has 0 fully saturated rings. The second kappa shape index (κ2) is 14.4. The molecule has 0 heterocycles. The summed E-state index contributed by atoms with van der Waals surface area (Å²) in [6.07, 6.45) is 1.55. The van der Waals surface area contributed by atoms with Crippen molar-refractivity contribution in [3.63, 3.8) is 0 Å². The highest BCUT2D eigenvalue weighted by Gasteiger charge is 2.27. The summed E-state index contributed by atoms with van der Waals surface area (Å²) in [6, 6.07) is 0. The fourth-order valence-electron chi connectivity index (χ4n) is 2.01. The molecule has 0 rings (SSSR count). The fraction of sp³-hybridized carbons (Fsp3) is 0.700. The SMILES string of the molecule is C=C(C)C(=O)OCCOCCOCC(CC)(CC)OCCOC(=O)C(=C)C. The van der Waals surface area contributed by atoms with E-state index in [0.717, 1.165) is 12.8 Å². The van der Waals surface area contributed by atoms with E-state index >= 15 is 0 Å². The Morgan fingerprint density at radius 1 is 0.741 bits per heavy atom. The molecule has 27 heavy (non-hydrogen) atoms. The molecular weight excluding hydrogens is 352 g/mol. The van der Waals surface area contributed by atoms with Crippen molar-refractivity contribution in [1.29, 1.82) is 0 Å². The van der Waals surface area contributed by atoms with E-state index in [1.807, 2.05) is 13.8 Å². The minimum atomic E-state index is -0.424. The third kappa shape index (κ3) is 11.6. The van der Waals surface area contributed by atoms with Crippen molar-refractivity contribution in [2.75, 3.05) is 46.2 Å². The largest absolute Gasteiger partial charge is 0.460 e. The van der Waals surface area contributed by atoms with Crippen LogP contribution in [0.1, 0.15) is 40.5 Å². The summed E-state index contributed by atoms with van der Waals surface area (Å²) >= 11 is 0. The van der Waals surface area contributed by atoms with E-state index in [9.17, 15) is 9.59 Å². The number of carbonyl (C=O) groups is 2. The van der Waals surface area contributed by atoms with Crippen molar-refractivity contribution in [3.8, 4) is 0 Å². The van der Waals surface area contributed by atoms with Crippen LogP contribution in [0.5, 0.6) is 0 Å². The summed E-state index contributed by atoms with van der Waals surface area (Å²) in [4.78, 5) is 22.5. The molecule has 0 saturated heterocycles. The maximum atomic E-state index is 11.3. The van der Waals surface area contributed by atoms with Gasteiger partial charge < -0.3 is 23.7 Å². The number of carbonyl (C=O) groups excluding carboxylic acids is 2. The zero-order valence-electron chi connectivity index (χ0n) is 17.1. The summed E-state index contributed by atoms with van der Waals surface area (Å²) in [5.74, 6) is -0.837. The minimum Gasteiger partial charge on any atom is -0.460 e. The number of esters is 2. The number of hydrogen-bond donors (Lipinski definition) is 0. The van der Waals surface area contributed by atoms with Crippen LogP contribution in [-0.4, -0.2) is 63.8 Å². The molecule has 0 aliphatic rings. The lowest BCUT2D eigenvalue weighted by molar-refractivity contribution is -0.147. The van der Waals surface area contributed by atoms with Crippen LogP contribution in [0, 0.1) is 0 Å². The van der Waals surface area contributed by atoms with Crippen molar-refractivity contribution in [3.05, 3.63) is 24.3 Å². The molecule has 156 valence electrons. The predicted octanol–water partition coefficient (Wildman–Crippen LogP) is 2.83. The summed E-state index contributed by atoms with van der Waals surface area (Å²) in [5.41, 5.74) is 0.306. The Labute approximate surface area is 162 Å². The van der Waals surface area contributed by atoms with E-state index in [-0.39, 0.29) is 13.2 Å². The van der Waals surface area contributed by atoms with E-state index in [0.29, 0.717) is 44.2 Å². The van der Waals surface area contributed by atoms with E-state index in [4.69, 9.17) is 23.7 Å². The first kappa shape index (κ1) is 25.3. The molecular formula is C20H34O7. The lowest BCUT2D eigenvalue weighted by atomic mass is 9.98. The summed E-state index contributed by atoms with van der Waals surface area (Å²) < 4.78 is 26.9. The molecule has 0 radical (unpaired) electrons. The van der Waals surface area contributed by atoms with Crippen LogP contribution in [0.15, 0.2) is 24.3 Å². The quantitative estimate of drug-likeness (QED) is 0.229. The summed E-state index contributed by atoms with van der Waals surface area (Å²) in [6.45, 7) is 16.5. The topological polar surface area (TPSA) is 80.3 Å². The molecule has 0 amide bonds. The monoisotopic (exact) mass is 386 g/mol. The van der Waals surface area contributed by atoms with Gasteiger partial charge in [-0.25, -0.2) is 9.59 Å². The maximum absolute atomic E-state index is 11.3. The van der Waals surface area contributed by atoms with Crippen LogP contribution in [-0.2, 0) is 33.3 Å². The highest BCUT2D eigenvalue weighted by Crippen LogP contribution is 2.21. The zero-order valence-corrected chi connectivity index (χ0v) is 17.1. The average molecular weight is 386 g/mol. The Balaban J connectivity index is 3.93. The van der Waals surface area contributed by atoms with Crippen LogP contribution < -0.4 is 0 Å². The van der Waals surface area contributed by atoms with E-state index < -0.39 is 17.5 Å². The van der Waals surface area contributed by atoms with Crippen molar-refractivity contribution in [2.24, 2.45) is 0 Å². The number of ether oxygens (including phenoxy) is 5. The molecule has 0 aromatic carbocycles. The Bertz CT molecular complexity index is 481. The lowest BCUT2D eigenvalue weighted by Crippen LogP contribution is -2.38. The smallest absolute Gasteiger partial charge is 0.333 e. The molecule has 7 heteroatoms. The number of rotatable bonds is 16. The molecule has 0 unspecified atom stereocenters. The first-order valence-electron chi connectivity index (χ1n) is 9.22. The normalized spacial score (nSPS) is 11.1. The van der Waals surface area contributed by atoms with Gasteiger partial charge in [-0.05, 0) is 26.7 Å². The number of hydrogen-bond acceptors (Lipinski definition) is 7. The third-order valence-electron chi connectivity index (χ3n) is 3.91. The molecule has 0 atom stereocenters. The second-order valence-corrected chi connectivity index (χ2v) is 6.24. The van der Waals surface area contributed by atoms with Crippen molar-refractivity contribution >= 4 is 11.9 Å². The lowest BCUT2D eigenvalue weighted by Gasteiger charge is -2.31. The predicted molar refractivity (Wildman–Crippen MR) is 102 cm³/mol. The van der Waals surface area contributed by atoms with E-state index in [1.54, 1.807) is 13.8 Å². The first-order valence-corrected chi connectivity index (χ1v) is 9.22. The van der Waals surface area contributed by atoms with Gasteiger partial charge in [-0.15, -0.1) is 0 Å². The third-order valence-corrected chi connectivity index (χ3v) is 3.91. The van der Waals surface area contributed by atoms with Gasteiger partial charge in [0.1, 0.15) is 13.2 Å². The van der Waals surface area contributed by atoms with Crippen LogP contribution in [0.4, 0.5) is 0 Å².